The molecule has 0 amide bonds. The van der Waals surface area contributed by atoms with E-state index in [2.05, 4.69) is 15.9 Å². The largest absolute Gasteiger partial charge is 0.477 e. The number of nitrogens with zero attached hydrogens (tertiary/aromatic N) is 2. The number of benzene rings is 1. The average molecular weight is 371 g/mol. The number of halogens is 1. The molecule has 21 heavy (non-hydrogen) atoms. The average Bonchev–Trinajstić information content (AvgIpc) is 2.83. The van der Waals surface area contributed by atoms with Gasteiger partial charge in [-0.15, -0.1) is 11.3 Å². The summed E-state index contributed by atoms with van der Waals surface area (Å²) in [6, 6.07) is 6.08. The predicted octanol–water partition coefficient (Wildman–Crippen LogP) is 3.75. The van der Waals surface area contributed by atoms with Crippen molar-refractivity contribution in [3.05, 3.63) is 54.7 Å². The molecule has 2 rings (SSSR count). The number of carbonyl (C=O) groups is 1. The van der Waals surface area contributed by atoms with Gasteiger partial charge in [-0.05, 0) is 45.1 Å². The maximum atomic E-state index is 11.0. The third-order valence-corrected chi connectivity index (χ3v) is 4.44. The van der Waals surface area contributed by atoms with Crippen molar-refractivity contribution in [2.24, 2.45) is 0 Å². The number of nitro groups is 1. The molecule has 110 valence electrons. The Labute approximate surface area is 132 Å². The van der Waals surface area contributed by atoms with Gasteiger partial charge in [0, 0.05) is 25.3 Å². The topological polar surface area (TPSA) is 83.7 Å². The van der Waals surface area contributed by atoms with Gasteiger partial charge in [0.15, 0.2) is 0 Å². The molecule has 0 saturated carbocycles. The number of hydrogen-bond acceptors (Lipinski definition) is 5. The minimum absolute atomic E-state index is 0.310. The number of thiophene rings is 1. The van der Waals surface area contributed by atoms with Gasteiger partial charge >= 0.3 is 5.97 Å². The van der Waals surface area contributed by atoms with Crippen molar-refractivity contribution in [3.63, 3.8) is 0 Å². The highest BCUT2D eigenvalue weighted by Gasteiger charge is 2.21. The predicted molar refractivity (Wildman–Crippen MR) is 84.2 cm³/mol. The third kappa shape index (κ3) is 3.59. The molecule has 1 N–H and O–H groups in total. The van der Waals surface area contributed by atoms with E-state index in [1.807, 2.05) is 16.3 Å². The Morgan fingerprint density at radius 3 is 2.71 bits per heavy atom. The molecule has 0 saturated heterocycles. The van der Waals surface area contributed by atoms with E-state index >= 15 is 0 Å². The molecule has 0 bridgehead atoms. The van der Waals surface area contributed by atoms with E-state index in [0.29, 0.717) is 12.2 Å². The monoisotopic (exact) mass is 370 g/mol. The Morgan fingerprint density at radius 2 is 2.19 bits per heavy atom. The molecule has 8 heteroatoms. The number of nitro benzene ring substituents is 1. The van der Waals surface area contributed by atoms with Gasteiger partial charge in [-0.3, -0.25) is 10.1 Å². The van der Waals surface area contributed by atoms with Crippen LogP contribution in [-0.2, 0) is 6.54 Å². The normalized spacial score (nSPS) is 10.4. The van der Waals surface area contributed by atoms with Gasteiger partial charge in [0.2, 0.25) is 0 Å². The van der Waals surface area contributed by atoms with Gasteiger partial charge in [-0.1, -0.05) is 0 Å². The van der Waals surface area contributed by atoms with Crippen LogP contribution in [0.1, 0.15) is 15.9 Å². The first-order chi connectivity index (χ1) is 9.88. The molecular formula is C13H11BrN2O4S. The molecule has 0 radical (unpaired) electrons. The first-order valence-corrected chi connectivity index (χ1v) is 7.51. The van der Waals surface area contributed by atoms with Crippen molar-refractivity contribution in [3.8, 4) is 0 Å². The molecule has 2 aromatic rings. The third-order valence-electron chi connectivity index (χ3n) is 2.89. The number of carboxylic acids is 1. The second kappa shape index (κ2) is 6.23. The highest BCUT2D eigenvalue weighted by atomic mass is 79.9. The molecule has 0 spiro atoms. The summed E-state index contributed by atoms with van der Waals surface area (Å²) in [5.74, 6) is -1.31. The van der Waals surface area contributed by atoms with E-state index in [4.69, 9.17) is 5.11 Å². The zero-order valence-corrected chi connectivity index (χ0v) is 13.3. The number of anilines is 1. The minimum atomic E-state index is -1.31. The summed E-state index contributed by atoms with van der Waals surface area (Å²) in [4.78, 5) is 23.1. The van der Waals surface area contributed by atoms with Crippen LogP contribution in [0.15, 0.2) is 33.4 Å². The molecule has 0 aliphatic carbocycles. The molecule has 1 aromatic carbocycles. The summed E-state index contributed by atoms with van der Waals surface area (Å²) in [6.45, 7) is 0.575. The van der Waals surface area contributed by atoms with E-state index in [1.54, 1.807) is 24.5 Å². The number of hydrogen-bond donors (Lipinski definition) is 1. The summed E-state index contributed by atoms with van der Waals surface area (Å²) in [7, 11) is 1.80. The van der Waals surface area contributed by atoms with Crippen molar-refractivity contribution in [2.45, 2.75) is 6.54 Å². The van der Waals surface area contributed by atoms with Crippen LogP contribution in [0.25, 0.3) is 0 Å². The van der Waals surface area contributed by atoms with Gasteiger partial charge in [0.1, 0.15) is 5.56 Å². The maximum absolute atomic E-state index is 11.0. The van der Waals surface area contributed by atoms with Crippen molar-refractivity contribution in [1.29, 1.82) is 0 Å². The van der Waals surface area contributed by atoms with Gasteiger partial charge in [-0.25, -0.2) is 4.79 Å². The van der Waals surface area contributed by atoms with Crippen LogP contribution in [0, 0.1) is 10.1 Å². The Bertz CT molecular complexity index is 701. The Kier molecular flexibility index (Phi) is 4.59. The molecule has 1 heterocycles. The van der Waals surface area contributed by atoms with Gasteiger partial charge < -0.3 is 10.0 Å². The molecular weight excluding hydrogens is 360 g/mol. The van der Waals surface area contributed by atoms with Crippen LogP contribution in [0.3, 0.4) is 0 Å². The quantitative estimate of drug-likeness (QED) is 0.639. The van der Waals surface area contributed by atoms with Crippen molar-refractivity contribution >= 4 is 44.6 Å². The van der Waals surface area contributed by atoms with E-state index < -0.39 is 16.6 Å². The molecule has 0 aliphatic heterocycles. The highest BCUT2D eigenvalue weighted by Crippen LogP contribution is 2.27. The fraction of sp³-hybridized carbons (Fsp3) is 0.154. The van der Waals surface area contributed by atoms with Gasteiger partial charge in [0.05, 0.1) is 8.71 Å². The Hall–Kier alpha value is -1.93. The summed E-state index contributed by atoms with van der Waals surface area (Å²) in [5, 5.41) is 21.9. The number of carboxylic acid groups (broad SMARTS) is 1. The Balaban J connectivity index is 2.29. The van der Waals surface area contributed by atoms with Crippen LogP contribution in [-0.4, -0.2) is 23.0 Å². The van der Waals surface area contributed by atoms with Gasteiger partial charge in [0.25, 0.3) is 5.69 Å². The molecule has 0 atom stereocenters. The van der Waals surface area contributed by atoms with E-state index in [9.17, 15) is 14.9 Å². The standard InChI is InChI=1S/C13H11BrN2O4S/c1-15(6-8-4-12(14)21-7-8)9-2-3-10(13(17)18)11(5-9)16(19)20/h2-5,7H,6H2,1H3,(H,17,18). The van der Waals surface area contributed by atoms with Crippen molar-refractivity contribution in [2.75, 3.05) is 11.9 Å². The zero-order valence-electron chi connectivity index (χ0n) is 10.9. The lowest BCUT2D eigenvalue weighted by molar-refractivity contribution is -0.385. The first-order valence-electron chi connectivity index (χ1n) is 5.84. The Morgan fingerprint density at radius 1 is 1.48 bits per heavy atom. The SMILES string of the molecule is CN(Cc1csc(Br)c1)c1ccc(C(=O)O)c([N+](=O)[O-])c1. The van der Waals surface area contributed by atoms with Crippen LogP contribution >= 0.6 is 27.3 Å². The summed E-state index contributed by atoms with van der Waals surface area (Å²) < 4.78 is 1.01. The second-order valence-corrected chi connectivity index (χ2v) is 6.67. The highest BCUT2D eigenvalue weighted by molar-refractivity contribution is 9.11. The lowest BCUT2D eigenvalue weighted by Gasteiger charge is -2.18. The van der Waals surface area contributed by atoms with Crippen LogP contribution in [0.4, 0.5) is 11.4 Å². The summed E-state index contributed by atoms with van der Waals surface area (Å²) in [6.07, 6.45) is 0. The second-order valence-electron chi connectivity index (χ2n) is 4.38. The summed E-state index contributed by atoms with van der Waals surface area (Å²) >= 11 is 4.94. The fourth-order valence-corrected chi connectivity index (χ4v) is 3.08. The van der Waals surface area contributed by atoms with E-state index in [1.165, 1.54) is 12.1 Å². The van der Waals surface area contributed by atoms with Crippen LogP contribution in [0.5, 0.6) is 0 Å². The molecule has 0 unspecified atom stereocenters. The smallest absolute Gasteiger partial charge is 0.342 e. The maximum Gasteiger partial charge on any atom is 0.342 e. The molecule has 1 aromatic heterocycles. The zero-order chi connectivity index (χ0) is 15.6. The van der Waals surface area contributed by atoms with Crippen molar-refractivity contribution < 1.29 is 14.8 Å². The van der Waals surface area contributed by atoms with E-state index in [-0.39, 0.29) is 5.56 Å². The molecule has 0 fully saturated rings. The first kappa shape index (κ1) is 15.5. The molecule has 6 nitrogen and oxygen atoms in total. The fourth-order valence-electron chi connectivity index (χ4n) is 1.88. The lowest BCUT2D eigenvalue weighted by atomic mass is 10.1. The van der Waals surface area contributed by atoms with Gasteiger partial charge in [-0.2, -0.15) is 0 Å². The summed E-state index contributed by atoms with van der Waals surface area (Å²) in [5.41, 5.74) is 0.946. The van der Waals surface area contributed by atoms with E-state index in [0.717, 1.165) is 9.35 Å². The lowest BCUT2D eigenvalue weighted by Crippen LogP contribution is -2.16. The minimum Gasteiger partial charge on any atom is -0.477 e. The number of aromatic carboxylic acids is 1. The van der Waals surface area contributed by atoms with Crippen LogP contribution < -0.4 is 4.90 Å². The number of rotatable bonds is 5. The molecule has 0 aliphatic rings. The van der Waals surface area contributed by atoms with Crippen LogP contribution in [0.2, 0.25) is 0 Å². The van der Waals surface area contributed by atoms with Crippen molar-refractivity contribution in [1.82, 2.24) is 0 Å².